The van der Waals surface area contributed by atoms with E-state index in [0.717, 1.165) is 6.42 Å². The first kappa shape index (κ1) is 21.9. The van der Waals surface area contributed by atoms with Crippen molar-refractivity contribution in [2.24, 2.45) is 0 Å². The molecule has 1 aliphatic heterocycles. The number of sulfonamides is 2. The van der Waals surface area contributed by atoms with E-state index in [0.29, 0.717) is 18.7 Å². The quantitative estimate of drug-likeness (QED) is 0.589. The summed E-state index contributed by atoms with van der Waals surface area (Å²) in [7, 11) is -4.65. The van der Waals surface area contributed by atoms with Gasteiger partial charge in [-0.25, -0.2) is 21.6 Å². The van der Waals surface area contributed by atoms with Gasteiger partial charge >= 0.3 is 0 Å². The Morgan fingerprint density at radius 2 is 1.93 bits per heavy atom. The molecule has 0 bridgehead atoms. The SMILES string of the molecule is CCOc1ccc(N2CCCCS2(=O)=O)cc1S(=O)(=O)NCC(OC)OC. The maximum Gasteiger partial charge on any atom is 0.244 e. The lowest BCUT2D eigenvalue weighted by Gasteiger charge is -2.29. The maximum absolute atomic E-state index is 12.8. The molecule has 27 heavy (non-hydrogen) atoms. The van der Waals surface area contributed by atoms with Gasteiger partial charge in [-0.2, -0.15) is 0 Å². The van der Waals surface area contributed by atoms with Crippen LogP contribution >= 0.6 is 0 Å². The molecule has 1 heterocycles. The van der Waals surface area contributed by atoms with E-state index in [1.165, 1.54) is 30.7 Å². The van der Waals surface area contributed by atoms with E-state index in [2.05, 4.69) is 4.72 Å². The van der Waals surface area contributed by atoms with Crippen LogP contribution in [0.1, 0.15) is 19.8 Å². The van der Waals surface area contributed by atoms with Crippen molar-refractivity contribution in [3.8, 4) is 5.75 Å². The normalized spacial score (nSPS) is 17.3. The van der Waals surface area contributed by atoms with Crippen molar-refractivity contribution < 1.29 is 31.0 Å². The topological polar surface area (TPSA) is 111 Å². The van der Waals surface area contributed by atoms with Gasteiger partial charge < -0.3 is 14.2 Å². The molecule has 1 aromatic rings. The van der Waals surface area contributed by atoms with Crippen molar-refractivity contribution in [3.63, 3.8) is 0 Å². The van der Waals surface area contributed by atoms with Gasteiger partial charge in [-0.15, -0.1) is 0 Å². The highest BCUT2D eigenvalue weighted by Gasteiger charge is 2.29. The van der Waals surface area contributed by atoms with E-state index < -0.39 is 26.3 Å². The van der Waals surface area contributed by atoms with Crippen LogP contribution in [0.25, 0.3) is 0 Å². The van der Waals surface area contributed by atoms with Gasteiger partial charge in [0.2, 0.25) is 20.0 Å². The highest BCUT2D eigenvalue weighted by Crippen LogP contribution is 2.32. The molecule has 11 heteroatoms. The van der Waals surface area contributed by atoms with Crippen LogP contribution in [-0.2, 0) is 29.5 Å². The minimum atomic E-state index is -3.98. The van der Waals surface area contributed by atoms with Crippen LogP contribution in [0.3, 0.4) is 0 Å². The standard InChI is InChI=1S/C16H26N2O7S2/c1-4-25-14-8-7-13(18-9-5-6-10-26(18,19)20)11-15(14)27(21,22)17-12-16(23-2)24-3/h7-8,11,16-17H,4-6,9-10,12H2,1-3H3. The second kappa shape index (κ2) is 9.20. The smallest absolute Gasteiger partial charge is 0.244 e. The van der Waals surface area contributed by atoms with Gasteiger partial charge in [-0.05, 0) is 38.0 Å². The largest absolute Gasteiger partial charge is 0.492 e. The molecule has 1 fully saturated rings. The van der Waals surface area contributed by atoms with Gasteiger partial charge in [0.1, 0.15) is 10.6 Å². The maximum atomic E-state index is 12.8. The van der Waals surface area contributed by atoms with Gasteiger partial charge in [0.25, 0.3) is 0 Å². The predicted molar refractivity (Wildman–Crippen MR) is 101 cm³/mol. The minimum Gasteiger partial charge on any atom is -0.492 e. The van der Waals surface area contributed by atoms with Crippen LogP contribution < -0.4 is 13.8 Å². The molecule has 0 atom stereocenters. The third-order valence-corrected chi connectivity index (χ3v) is 7.43. The molecule has 154 valence electrons. The Kier molecular flexibility index (Phi) is 7.46. The number of benzene rings is 1. The summed E-state index contributed by atoms with van der Waals surface area (Å²) in [5.74, 6) is 0.193. The van der Waals surface area contributed by atoms with Gasteiger partial charge in [0.15, 0.2) is 6.29 Å². The molecule has 0 radical (unpaired) electrons. The second-order valence-corrected chi connectivity index (χ2v) is 9.66. The Balaban J connectivity index is 2.40. The summed E-state index contributed by atoms with van der Waals surface area (Å²) in [6, 6.07) is 4.35. The van der Waals surface area contributed by atoms with E-state index in [1.807, 2.05) is 0 Å². The molecule has 9 nitrogen and oxygen atoms in total. The summed E-state index contributed by atoms with van der Waals surface area (Å²) in [4.78, 5) is -0.131. The number of methoxy groups -OCH3 is 2. The minimum absolute atomic E-state index is 0.0455. The van der Waals surface area contributed by atoms with Crippen LogP contribution in [-0.4, -0.2) is 62.8 Å². The van der Waals surface area contributed by atoms with Crippen molar-refractivity contribution in [3.05, 3.63) is 18.2 Å². The molecule has 0 unspecified atom stereocenters. The molecule has 0 saturated carbocycles. The first-order valence-corrected chi connectivity index (χ1v) is 11.7. The monoisotopic (exact) mass is 422 g/mol. The Bertz CT molecular complexity index is 836. The molecule has 0 aromatic heterocycles. The van der Waals surface area contributed by atoms with E-state index >= 15 is 0 Å². The van der Waals surface area contributed by atoms with Crippen molar-refractivity contribution in [2.45, 2.75) is 31.0 Å². The van der Waals surface area contributed by atoms with E-state index in [-0.39, 0.29) is 29.5 Å². The van der Waals surface area contributed by atoms with Gasteiger partial charge in [-0.1, -0.05) is 0 Å². The van der Waals surface area contributed by atoms with Crippen LogP contribution in [0.4, 0.5) is 5.69 Å². The van der Waals surface area contributed by atoms with Crippen molar-refractivity contribution in [1.82, 2.24) is 4.72 Å². The van der Waals surface area contributed by atoms with E-state index in [4.69, 9.17) is 14.2 Å². The predicted octanol–water partition coefficient (Wildman–Crippen LogP) is 0.913. The van der Waals surface area contributed by atoms with E-state index in [9.17, 15) is 16.8 Å². The highest BCUT2D eigenvalue weighted by molar-refractivity contribution is 7.92. The summed E-state index contributed by atoms with van der Waals surface area (Å²) in [5, 5.41) is 0. The fourth-order valence-electron chi connectivity index (χ4n) is 2.73. The summed E-state index contributed by atoms with van der Waals surface area (Å²) in [6.07, 6.45) is 0.565. The molecule has 1 aromatic carbocycles. The first-order valence-electron chi connectivity index (χ1n) is 8.57. The lowest BCUT2D eigenvalue weighted by Crippen LogP contribution is -2.38. The number of hydrogen-bond acceptors (Lipinski definition) is 7. The number of nitrogens with zero attached hydrogens (tertiary/aromatic N) is 1. The molecule has 1 N–H and O–H groups in total. The summed E-state index contributed by atoms with van der Waals surface area (Å²) < 4.78 is 69.3. The lowest BCUT2D eigenvalue weighted by atomic mass is 10.2. The zero-order valence-electron chi connectivity index (χ0n) is 15.7. The molecule has 0 amide bonds. The molecule has 1 aliphatic rings. The average Bonchev–Trinajstić information content (AvgIpc) is 2.63. The molecule has 2 rings (SSSR count). The first-order chi connectivity index (χ1) is 12.7. The van der Waals surface area contributed by atoms with Crippen LogP contribution in [0.5, 0.6) is 5.75 Å². The fourth-order valence-corrected chi connectivity index (χ4v) is 5.54. The molecule has 0 aliphatic carbocycles. The highest BCUT2D eigenvalue weighted by atomic mass is 32.2. The Hall–Kier alpha value is -1.40. The van der Waals surface area contributed by atoms with Crippen molar-refractivity contribution >= 4 is 25.7 Å². The van der Waals surface area contributed by atoms with Gasteiger partial charge in [0, 0.05) is 20.8 Å². The zero-order valence-corrected chi connectivity index (χ0v) is 17.3. The van der Waals surface area contributed by atoms with Crippen molar-refractivity contribution in [2.75, 3.05) is 44.0 Å². The molecular formula is C16H26N2O7S2. The van der Waals surface area contributed by atoms with Crippen LogP contribution in [0.2, 0.25) is 0 Å². The van der Waals surface area contributed by atoms with Crippen LogP contribution in [0, 0.1) is 0 Å². The zero-order chi connectivity index (χ0) is 20.1. The number of anilines is 1. The third-order valence-electron chi connectivity index (χ3n) is 4.12. The number of rotatable bonds is 9. The number of hydrogen-bond donors (Lipinski definition) is 1. The average molecular weight is 423 g/mol. The summed E-state index contributed by atoms with van der Waals surface area (Å²) in [5.41, 5.74) is 0.300. The van der Waals surface area contributed by atoms with Crippen LogP contribution in [0.15, 0.2) is 23.1 Å². The van der Waals surface area contributed by atoms with E-state index in [1.54, 1.807) is 13.0 Å². The fraction of sp³-hybridized carbons (Fsp3) is 0.625. The molecular weight excluding hydrogens is 396 g/mol. The van der Waals surface area contributed by atoms with Gasteiger partial charge in [0.05, 0.1) is 24.6 Å². The number of nitrogens with one attached hydrogen (secondary N) is 1. The number of ether oxygens (including phenoxy) is 3. The third kappa shape index (κ3) is 5.32. The molecule has 1 saturated heterocycles. The van der Waals surface area contributed by atoms with Gasteiger partial charge in [-0.3, -0.25) is 4.31 Å². The lowest BCUT2D eigenvalue weighted by molar-refractivity contribution is -0.0960. The van der Waals surface area contributed by atoms with Crippen molar-refractivity contribution in [1.29, 1.82) is 0 Å². The Morgan fingerprint density at radius 1 is 1.22 bits per heavy atom. The molecule has 0 spiro atoms. The summed E-state index contributed by atoms with van der Waals surface area (Å²) >= 11 is 0. The Labute approximate surface area is 160 Å². The Morgan fingerprint density at radius 3 is 2.52 bits per heavy atom. The summed E-state index contributed by atoms with van der Waals surface area (Å²) in [6.45, 7) is 2.22. The second-order valence-electron chi connectivity index (χ2n) is 5.91.